The quantitative estimate of drug-likeness (QED) is 0.925. The lowest BCUT2D eigenvalue weighted by Gasteiger charge is -2.19. The SMILES string of the molecule is NC(=O)c1cccc(C2=COC=C(C3=CC=CCC3)O2)c1. The predicted molar refractivity (Wildman–Crippen MR) is 79.6 cm³/mol. The molecule has 0 saturated heterocycles. The Labute approximate surface area is 122 Å². The highest BCUT2D eigenvalue weighted by molar-refractivity contribution is 5.93. The van der Waals surface area contributed by atoms with Crippen LogP contribution in [0.25, 0.3) is 5.76 Å². The van der Waals surface area contributed by atoms with Gasteiger partial charge in [-0.2, -0.15) is 0 Å². The fourth-order valence-corrected chi connectivity index (χ4v) is 2.23. The van der Waals surface area contributed by atoms with Gasteiger partial charge in [0.1, 0.15) is 12.5 Å². The lowest BCUT2D eigenvalue weighted by atomic mass is 10.0. The highest BCUT2D eigenvalue weighted by atomic mass is 16.5. The topological polar surface area (TPSA) is 61.6 Å². The first kappa shape index (κ1) is 13.2. The van der Waals surface area contributed by atoms with E-state index in [1.165, 1.54) is 6.26 Å². The Morgan fingerprint density at radius 3 is 2.81 bits per heavy atom. The molecule has 1 aliphatic carbocycles. The summed E-state index contributed by atoms with van der Waals surface area (Å²) in [6.07, 6.45) is 11.1. The highest BCUT2D eigenvalue weighted by Gasteiger charge is 2.17. The summed E-state index contributed by atoms with van der Waals surface area (Å²) in [4.78, 5) is 11.3. The molecule has 0 unspecified atom stereocenters. The van der Waals surface area contributed by atoms with Crippen LogP contribution in [-0.2, 0) is 9.47 Å². The van der Waals surface area contributed by atoms with Crippen molar-refractivity contribution in [1.29, 1.82) is 0 Å². The zero-order valence-corrected chi connectivity index (χ0v) is 11.4. The summed E-state index contributed by atoms with van der Waals surface area (Å²) in [5, 5.41) is 0. The summed E-state index contributed by atoms with van der Waals surface area (Å²) in [6, 6.07) is 6.97. The minimum Gasteiger partial charge on any atom is -0.465 e. The number of primary amides is 1. The molecule has 3 rings (SSSR count). The number of ether oxygens (including phenoxy) is 2. The lowest BCUT2D eigenvalue weighted by Crippen LogP contribution is -2.11. The fraction of sp³-hybridized carbons (Fsp3) is 0.118. The van der Waals surface area contributed by atoms with E-state index in [-0.39, 0.29) is 0 Å². The molecule has 0 aromatic heterocycles. The Balaban J connectivity index is 1.83. The van der Waals surface area contributed by atoms with Gasteiger partial charge in [0, 0.05) is 11.1 Å². The van der Waals surface area contributed by atoms with Crippen LogP contribution < -0.4 is 5.73 Å². The first-order valence-corrected chi connectivity index (χ1v) is 6.74. The maximum atomic E-state index is 11.3. The van der Waals surface area contributed by atoms with Crippen molar-refractivity contribution in [2.45, 2.75) is 12.8 Å². The summed E-state index contributed by atoms with van der Waals surface area (Å²) >= 11 is 0. The summed E-state index contributed by atoms with van der Waals surface area (Å²) in [5.74, 6) is 0.789. The molecule has 1 aromatic carbocycles. The molecule has 1 amide bonds. The lowest BCUT2D eigenvalue weighted by molar-refractivity contribution is 0.1000. The van der Waals surface area contributed by atoms with Gasteiger partial charge in [-0.05, 0) is 30.5 Å². The van der Waals surface area contributed by atoms with Crippen LogP contribution in [0.1, 0.15) is 28.8 Å². The number of rotatable bonds is 3. The number of amides is 1. The molecule has 106 valence electrons. The average Bonchev–Trinajstić information content (AvgIpc) is 2.56. The van der Waals surface area contributed by atoms with Crippen LogP contribution in [0.4, 0.5) is 0 Å². The molecule has 2 aliphatic rings. The van der Waals surface area contributed by atoms with Gasteiger partial charge in [-0.3, -0.25) is 4.79 Å². The minimum atomic E-state index is -0.468. The Bertz CT molecular complexity index is 696. The van der Waals surface area contributed by atoms with Crippen molar-refractivity contribution < 1.29 is 14.3 Å². The van der Waals surface area contributed by atoms with Gasteiger partial charge in [-0.1, -0.05) is 30.4 Å². The van der Waals surface area contributed by atoms with Gasteiger partial charge >= 0.3 is 0 Å². The Morgan fingerprint density at radius 2 is 2.05 bits per heavy atom. The van der Waals surface area contributed by atoms with E-state index in [2.05, 4.69) is 6.08 Å². The highest BCUT2D eigenvalue weighted by Crippen LogP contribution is 2.30. The van der Waals surface area contributed by atoms with Crippen LogP contribution in [0.15, 0.2) is 66.3 Å². The second-order valence-corrected chi connectivity index (χ2v) is 4.81. The van der Waals surface area contributed by atoms with Gasteiger partial charge in [-0.15, -0.1) is 0 Å². The maximum Gasteiger partial charge on any atom is 0.248 e. The van der Waals surface area contributed by atoms with Crippen LogP contribution in [-0.4, -0.2) is 5.91 Å². The van der Waals surface area contributed by atoms with Gasteiger partial charge in [0.15, 0.2) is 11.5 Å². The largest absolute Gasteiger partial charge is 0.465 e. The van der Waals surface area contributed by atoms with E-state index in [9.17, 15) is 4.79 Å². The summed E-state index contributed by atoms with van der Waals surface area (Å²) < 4.78 is 11.3. The van der Waals surface area contributed by atoms with Gasteiger partial charge in [0.2, 0.25) is 5.91 Å². The van der Waals surface area contributed by atoms with Gasteiger partial charge in [-0.25, -0.2) is 0 Å². The molecule has 1 aliphatic heterocycles. The molecule has 0 spiro atoms. The number of carbonyl (C=O) groups is 1. The van der Waals surface area contributed by atoms with Gasteiger partial charge < -0.3 is 15.2 Å². The van der Waals surface area contributed by atoms with E-state index in [4.69, 9.17) is 15.2 Å². The van der Waals surface area contributed by atoms with Crippen molar-refractivity contribution in [3.05, 3.63) is 77.5 Å². The second kappa shape index (κ2) is 5.71. The van der Waals surface area contributed by atoms with E-state index in [1.807, 2.05) is 18.2 Å². The number of hydrogen-bond acceptors (Lipinski definition) is 3. The van der Waals surface area contributed by atoms with E-state index < -0.39 is 5.91 Å². The molecule has 4 nitrogen and oxygen atoms in total. The van der Waals surface area contributed by atoms with E-state index in [1.54, 1.807) is 24.5 Å². The minimum absolute atomic E-state index is 0.438. The third-order valence-corrected chi connectivity index (χ3v) is 3.33. The van der Waals surface area contributed by atoms with Crippen LogP contribution >= 0.6 is 0 Å². The molecule has 21 heavy (non-hydrogen) atoms. The van der Waals surface area contributed by atoms with Crippen molar-refractivity contribution in [1.82, 2.24) is 0 Å². The van der Waals surface area contributed by atoms with E-state index in [0.717, 1.165) is 24.0 Å². The molecule has 1 aromatic rings. The first-order chi connectivity index (χ1) is 10.2. The number of nitrogens with two attached hydrogens (primary N) is 1. The number of allylic oxidation sites excluding steroid dienone is 4. The van der Waals surface area contributed by atoms with Gasteiger partial charge in [0.25, 0.3) is 0 Å². The fourth-order valence-electron chi connectivity index (χ4n) is 2.23. The molecule has 0 radical (unpaired) electrons. The van der Waals surface area contributed by atoms with E-state index >= 15 is 0 Å². The second-order valence-electron chi connectivity index (χ2n) is 4.81. The maximum absolute atomic E-state index is 11.3. The first-order valence-electron chi connectivity index (χ1n) is 6.74. The molecular formula is C17H15NO3. The smallest absolute Gasteiger partial charge is 0.248 e. The number of benzene rings is 1. The summed E-state index contributed by atoms with van der Waals surface area (Å²) in [7, 11) is 0. The van der Waals surface area contributed by atoms with Crippen molar-refractivity contribution in [3.63, 3.8) is 0 Å². The normalized spacial score (nSPS) is 17.0. The Hall–Kier alpha value is -2.75. The third kappa shape index (κ3) is 2.89. The molecule has 0 saturated carbocycles. The van der Waals surface area contributed by atoms with Crippen LogP contribution in [0.3, 0.4) is 0 Å². The third-order valence-electron chi connectivity index (χ3n) is 3.33. The molecule has 1 heterocycles. The monoisotopic (exact) mass is 281 g/mol. The van der Waals surface area contributed by atoms with Gasteiger partial charge in [0.05, 0.1) is 0 Å². The Morgan fingerprint density at radius 1 is 1.19 bits per heavy atom. The average molecular weight is 281 g/mol. The number of carbonyl (C=O) groups excluding carboxylic acids is 1. The summed E-state index contributed by atoms with van der Waals surface area (Å²) in [6.45, 7) is 0. The molecule has 4 heteroatoms. The van der Waals surface area contributed by atoms with Crippen LogP contribution in [0, 0.1) is 0 Å². The zero-order valence-electron chi connectivity index (χ0n) is 11.4. The molecule has 0 fully saturated rings. The summed E-state index contributed by atoms with van der Waals surface area (Å²) in [5.41, 5.74) is 7.58. The standard InChI is InChI=1S/C17H15NO3/c18-17(19)14-8-4-7-13(9-14)16-11-20-10-15(21-16)12-5-2-1-3-6-12/h1-2,4-5,7-11H,3,6H2,(H2,18,19). The van der Waals surface area contributed by atoms with Crippen molar-refractivity contribution in [2.75, 3.05) is 0 Å². The Kier molecular flexibility index (Phi) is 3.60. The van der Waals surface area contributed by atoms with Crippen molar-refractivity contribution in [2.24, 2.45) is 5.73 Å². The zero-order chi connectivity index (χ0) is 14.7. The van der Waals surface area contributed by atoms with Crippen molar-refractivity contribution in [3.8, 4) is 0 Å². The predicted octanol–water partition coefficient (Wildman–Crippen LogP) is 3.25. The van der Waals surface area contributed by atoms with Crippen molar-refractivity contribution >= 4 is 11.7 Å². The molecule has 0 bridgehead atoms. The number of hydrogen-bond donors (Lipinski definition) is 1. The molecular weight excluding hydrogens is 266 g/mol. The van der Waals surface area contributed by atoms with Crippen LogP contribution in [0.2, 0.25) is 0 Å². The molecule has 0 atom stereocenters. The molecule has 2 N–H and O–H groups in total. The van der Waals surface area contributed by atoms with E-state index in [0.29, 0.717) is 17.1 Å². The van der Waals surface area contributed by atoms with Crippen LogP contribution in [0.5, 0.6) is 0 Å².